The fourth-order valence-corrected chi connectivity index (χ4v) is 3.49. The first-order valence-corrected chi connectivity index (χ1v) is 9.28. The maximum atomic E-state index is 13.2. The van der Waals surface area contributed by atoms with E-state index in [9.17, 15) is 9.59 Å². The maximum Gasteiger partial charge on any atom is 0.279 e. The number of carbonyl (C=O) groups excluding carboxylic acids is 1. The normalized spacial score (nSPS) is 12.6. The van der Waals surface area contributed by atoms with Gasteiger partial charge in [0, 0.05) is 29.7 Å². The van der Waals surface area contributed by atoms with Crippen LogP contribution in [0.1, 0.15) is 15.4 Å². The molecule has 0 saturated heterocycles. The van der Waals surface area contributed by atoms with Gasteiger partial charge in [0.2, 0.25) is 0 Å². The molecule has 3 heterocycles. The number of carbonyl (C=O) groups is 1. The molecule has 1 amide bonds. The van der Waals surface area contributed by atoms with E-state index in [1.54, 1.807) is 28.4 Å². The Morgan fingerprint density at radius 1 is 1.19 bits per heavy atom. The highest BCUT2D eigenvalue weighted by Crippen LogP contribution is 2.35. The summed E-state index contributed by atoms with van der Waals surface area (Å²) in [6.45, 7) is 1.37. The Kier molecular flexibility index (Phi) is 4.64. The van der Waals surface area contributed by atoms with Gasteiger partial charge >= 0.3 is 0 Å². The van der Waals surface area contributed by atoms with Crippen molar-refractivity contribution in [2.24, 2.45) is 7.05 Å². The fraction of sp³-hybridized carbons (Fsp3) is 0.211. The van der Waals surface area contributed by atoms with Crippen LogP contribution < -0.4 is 19.9 Å². The lowest BCUT2D eigenvalue weighted by molar-refractivity contribution is 0.0978. The third kappa shape index (κ3) is 3.56. The van der Waals surface area contributed by atoms with Gasteiger partial charge in [0.25, 0.3) is 11.5 Å². The molecule has 1 aromatic carbocycles. The van der Waals surface area contributed by atoms with Gasteiger partial charge in [-0.25, -0.2) is 4.68 Å². The fourth-order valence-electron chi connectivity index (χ4n) is 2.79. The molecule has 0 saturated carbocycles. The lowest BCUT2D eigenvalue weighted by Gasteiger charge is -2.25. The second-order valence-corrected chi connectivity index (χ2v) is 7.01. The maximum absolute atomic E-state index is 13.2. The third-order valence-electron chi connectivity index (χ3n) is 4.16. The summed E-state index contributed by atoms with van der Waals surface area (Å²) in [7, 11) is 1.52. The molecule has 1 aliphatic heterocycles. The molecule has 0 spiro atoms. The minimum atomic E-state index is -0.296. The molecule has 27 heavy (non-hydrogen) atoms. The SMILES string of the molecule is Cn1nc(C(=O)N(Cc2cccs2)c2ccc3c(c2)OCCO3)ccc1=O. The molecule has 0 bridgehead atoms. The van der Waals surface area contributed by atoms with Crippen molar-refractivity contribution in [1.29, 1.82) is 0 Å². The average molecular weight is 383 g/mol. The van der Waals surface area contributed by atoms with Gasteiger partial charge in [0.1, 0.15) is 18.9 Å². The van der Waals surface area contributed by atoms with E-state index in [0.717, 1.165) is 9.56 Å². The highest BCUT2D eigenvalue weighted by Gasteiger charge is 2.23. The number of hydrogen-bond acceptors (Lipinski definition) is 6. The Hall–Kier alpha value is -3.13. The van der Waals surface area contributed by atoms with Gasteiger partial charge in [-0.05, 0) is 29.6 Å². The number of rotatable bonds is 4. The zero-order valence-corrected chi connectivity index (χ0v) is 15.4. The molecule has 2 aromatic heterocycles. The van der Waals surface area contributed by atoms with Gasteiger partial charge < -0.3 is 14.4 Å². The first kappa shape index (κ1) is 17.3. The summed E-state index contributed by atoms with van der Waals surface area (Å²) in [6.07, 6.45) is 0. The number of aryl methyl sites for hydroxylation is 1. The number of nitrogens with zero attached hydrogens (tertiary/aromatic N) is 3. The predicted molar refractivity (Wildman–Crippen MR) is 102 cm³/mol. The number of fused-ring (bicyclic) bond motifs is 1. The predicted octanol–water partition coefficient (Wildman–Crippen LogP) is 2.46. The first-order chi connectivity index (χ1) is 13.1. The van der Waals surface area contributed by atoms with Crippen LogP contribution in [-0.2, 0) is 13.6 Å². The third-order valence-corrected chi connectivity index (χ3v) is 5.02. The van der Waals surface area contributed by atoms with Gasteiger partial charge in [-0.1, -0.05) is 6.07 Å². The monoisotopic (exact) mass is 383 g/mol. The van der Waals surface area contributed by atoms with Crippen LogP contribution in [0.2, 0.25) is 0 Å². The van der Waals surface area contributed by atoms with E-state index in [-0.39, 0.29) is 17.2 Å². The van der Waals surface area contributed by atoms with E-state index in [1.165, 1.54) is 19.2 Å². The van der Waals surface area contributed by atoms with Crippen molar-refractivity contribution in [3.8, 4) is 11.5 Å². The number of aromatic nitrogens is 2. The van der Waals surface area contributed by atoms with Crippen molar-refractivity contribution >= 4 is 22.9 Å². The van der Waals surface area contributed by atoms with Crippen LogP contribution in [0, 0.1) is 0 Å². The second-order valence-electron chi connectivity index (χ2n) is 5.98. The molecule has 8 heteroatoms. The number of ether oxygens (including phenoxy) is 2. The van der Waals surface area contributed by atoms with Crippen molar-refractivity contribution in [3.63, 3.8) is 0 Å². The Morgan fingerprint density at radius 3 is 2.74 bits per heavy atom. The van der Waals surface area contributed by atoms with Gasteiger partial charge in [0.15, 0.2) is 11.5 Å². The summed E-state index contributed by atoms with van der Waals surface area (Å²) in [5.41, 5.74) is 0.604. The summed E-state index contributed by atoms with van der Waals surface area (Å²) in [6, 6.07) is 12.1. The molecule has 1 aliphatic rings. The number of anilines is 1. The van der Waals surface area contributed by atoms with E-state index >= 15 is 0 Å². The molecule has 0 N–H and O–H groups in total. The van der Waals surface area contributed by atoms with Crippen LogP contribution in [0.3, 0.4) is 0 Å². The van der Waals surface area contributed by atoms with Crippen LogP contribution in [0.15, 0.2) is 52.6 Å². The smallest absolute Gasteiger partial charge is 0.279 e. The van der Waals surface area contributed by atoms with Gasteiger partial charge in [-0.3, -0.25) is 9.59 Å². The van der Waals surface area contributed by atoms with E-state index in [1.807, 2.05) is 23.6 Å². The summed E-state index contributed by atoms with van der Waals surface area (Å²) in [5.74, 6) is 0.973. The average Bonchev–Trinajstić information content (AvgIpc) is 3.20. The van der Waals surface area contributed by atoms with Gasteiger partial charge in [-0.15, -0.1) is 11.3 Å². The minimum absolute atomic E-state index is 0.198. The van der Waals surface area contributed by atoms with Crippen molar-refractivity contribution < 1.29 is 14.3 Å². The van der Waals surface area contributed by atoms with Crippen LogP contribution >= 0.6 is 11.3 Å². The highest BCUT2D eigenvalue weighted by atomic mass is 32.1. The summed E-state index contributed by atoms with van der Waals surface area (Å²) in [5, 5.41) is 6.06. The molecule has 0 atom stereocenters. The number of benzene rings is 1. The molecule has 3 aromatic rings. The number of thiophene rings is 1. The molecular formula is C19H17N3O4S. The van der Waals surface area contributed by atoms with Crippen LogP contribution in [0.5, 0.6) is 11.5 Å². The molecule has 7 nitrogen and oxygen atoms in total. The molecule has 0 unspecified atom stereocenters. The Bertz CT molecular complexity index is 1030. The summed E-state index contributed by atoms with van der Waals surface area (Å²) in [4.78, 5) is 27.4. The van der Waals surface area contributed by atoms with Crippen LogP contribution in [0.25, 0.3) is 0 Å². The standard InChI is InChI=1S/C19H17N3O4S/c1-21-18(23)7-5-15(20-21)19(24)22(12-14-3-2-10-27-14)13-4-6-16-17(11-13)26-9-8-25-16/h2-7,10-11H,8-9,12H2,1H3. The van der Waals surface area contributed by atoms with E-state index in [0.29, 0.717) is 36.9 Å². The van der Waals surface area contributed by atoms with E-state index < -0.39 is 0 Å². The first-order valence-electron chi connectivity index (χ1n) is 8.40. The Morgan fingerprint density at radius 2 is 2.00 bits per heavy atom. The lowest BCUT2D eigenvalue weighted by Crippen LogP contribution is -2.33. The molecule has 4 rings (SSSR count). The van der Waals surface area contributed by atoms with Crippen molar-refractivity contribution in [2.75, 3.05) is 18.1 Å². The van der Waals surface area contributed by atoms with Crippen LogP contribution in [0.4, 0.5) is 5.69 Å². The largest absolute Gasteiger partial charge is 0.486 e. The van der Waals surface area contributed by atoms with E-state index in [2.05, 4.69) is 5.10 Å². The molecule has 0 aliphatic carbocycles. The van der Waals surface area contributed by atoms with Crippen molar-refractivity contribution in [1.82, 2.24) is 9.78 Å². The second kappa shape index (κ2) is 7.24. The van der Waals surface area contributed by atoms with E-state index in [4.69, 9.17) is 9.47 Å². The molecule has 138 valence electrons. The van der Waals surface area contributed by atoms with Crippen molar-refractivity contribution in [3.05, 3.63) is 68.8 Å². The quantitative estimate of drug-likeness (QED) is 0.692. The summed E-state index contributed by atoms with van der Waals surface area (Å²) < 4.78 is 12.4. The van der Waals surface area contributed by atoms with Gasteiger partial charge in [0.05, 0.1) is 6.54 Å². The van der Waals surface area contributed by atoms with Gasteiger partial charge in [-0.2, -0.15) is 5.10 Å². The number of amides is 1. The molecule has 0 radical (unpaired) electrons. The minimum Gasteiger partial charge on any atom is -0.486 e. The zero-order valence-electron chi connectivity index (χ0n) is 14.6. The Labute approximate surface area is 159 Å². The summed E-state index contributed by atoms with van der Waals surface area (Å²) >= 11 is 1.57. The zero-order chi connectivity index (χ0) is 18.8. The van der Waals surface area contributed by atoms with Crippen molar-refractivity contribution in [2.45, 2.75) is 6.54 Å². The Balaban J connectivity index is 1.73. The van der Waals surface area contributed by atoms with Crippen LogP contribution in [-0.4, -0.2) is 28.9 Å². The highest BCUT2D eigenvalue weighted by molar-refractivity contribution is 7.09. The topological polar surface area (TPSA) is 73.7 Å². The molecule has 0 fully saturated rings. The lowest BCUT2D eigenvalue weighted by atomic mass is 10.2. The number of hydrogen-bond donors (Lipinski definition) is 0. The molecular weight excluding hydrogens is 366 g/mol.